The van der Waals surface area contributed by atoms with E-state index in [9.17, 15) is 19.7 Å². The molecular formula is C13H10N6O5S. The summed E-state index contributed by atoms with van der Waals surface area (Å²) in [5, 5.41) is 31.6. The summed E-state index contributed by atoms with van der Waals surface area (Å²) in [5.74, 6) is -1.23. The molecule has 11 nitrogen and oxygen atoms in total. The molecule has 1 aromatic carbocycles. The molecule has 3 rings (SSSR count). The zero-order chi connectivity index (χ0) is 18.0. The van der Waals surface area contributed by atoms with Gasteiger partial charge in [0.25, 0.3) is 17.0 Å². The lowest BCUT2D eigenvalue weighted by atomic mass is 10.1. The molecular weight excluding hydrogens is 352 g/mol. The number of hydrogen-bond donors (Lipinski definition) is 2. The monoisotopic (exact) mass is 362 g/mol. The van der Waals surface area contributed by atoms with Gasteiger partial charge >= 0.3 is 5.97 Å². The zero-order valence-electron chi connectivity index (χ0n) is 12.4. The summed E-state index contributed by atoms with van der Waals surface area (Å²) in [7, 11) is 0. The fourth-order valence-corrected chi connectivity index (χ4v) is 2.72. The van der Waals surface area contributed by atoms with E-state index in [1.807, 2.05) is 0 Å². The van der Waals surface area contributed by atoms with E-state index in [2.05, 4.69) is 20.3 Å². The second-order valence-corrected chi connectivity index (χ2v) is 5.81. The van der Waals surface area contributed by atoms with Gasteiger partial charge in [-0.05, 0) is 0 Å². The predicted octanol–water partition coefficient (Wildman–Crippen LogP) is 0.488. The third-order valence-electron chi connectivity index (χ3n) is 3.19. The normalized spacial score (nSPS) is 10.9. The van der Waals surface area contributed by atoms with E-state index in [0.29, 0.717) is 5.56 Å². The first-order valence-corrected chi connectivity index (χ1v) is 7.86. The van der Waals surface area contributed by atoms with Crippen molar-refractivity contribution in [3.8, 4) is 0 Å². The molecule has 0 saturated carbocycles. The number of H-pyrrole nitrogens is 1. The van der Waals surface area contributed by atoms with Gasteiger partial charge in [0.15, 0.2) is 0 Å². The Bertz CT molecular complexity index is 1030. The van der Waals surface area contributed by atoms with E-state index >= 15 is 0 Å². The zero-order valence-corrected chi connectivity index (χ0v) is 13.3. The maximum Gasteiger partial charge on any atom is 0.313 e. The molecule has 25 heavy (non-hydrogen) atoms. The Morgan fingerprint density at radius 3 is 2.84 bits per heavy atom. The lowest BCUT2D eigenvalue weighted by molar-refractivity contribution is -0.385. The number of nitrogens with zero attached hydrogens (tertiary/aromatic N) is 5. The summed E-state index contributed by atoms with van der Waals surface area (Å²) in [5.41, 5.74) is -0.308. The number of nitro groups is 1. The highest BCUT2D eigenvalue weighted by molar-refractivity contribution is 7.99. The van der Waals surface area contributed by atoms with Crippen molar-refractivity contribution in [2.45, 2.75) is 11.6 Å². The first-order chi connectivity index (χ1) is 12.0. The Kier molecular flexibility index (Phi) is 4.43. The number of benzene rings is 1. The van der Waals surface area contributed by atoms with Crippen LogP contribution in [-0.4, -0.2) is 46.5 Å². The smallest absolute Gasteiger partial charge is 0.313 e. The van der Waals surface area contributed by atoms with Crippen molar-refractivity contribution >= 4 is 29.2 Å². The van der Waals surface area contributed by atoms with Gasteiger partial charge in [0.2, 0.25) is 5.16 Å². The number of hydrogen-bond acceptors (Lipinski definition) is 8. The van der Waals surface area contributed by atoms with Gasteiger partial charge in [-0.1, -0.05) is 30.0 Å². The van der Waals surface area contributed by atoms with Crippen LogP contribution in [0.1, 0.15) is 11.3 Å². The van der Waals surface area contributed by atoms with Crippen LogP contribution in [0.25, 0.3) is 5.78 Å². The maximum absolute atomic E-state index is 12.1. The molecule has 0 aliphatic rings. The third-order valence-corrected chi connectivity index (χ3v) is 4.10. The van der Waals surface area contributed by atoms with Crippen LogP contribution in [-0.2, 0) is 11.2 Å². The number of nitrogens with one attached hydrogen (secondary N) is 1. The Hall–Kier alpha value is -3.28. The van der Waals surface area contributed by atoms with Crippen molar-refractivity contribution in [3.05, 3.63) is 56.0 Å². The van der Waals surface area contributed by atoms with E-state index in [-0.39, 0.29) is 34.5 Å². The predicted molar refractivity (Wildman–Crippen MR) is 85.7 cm³/mol. The number of carboxylic acids is 1. The number of para-hydroxylation sites is 1. The fraction of sp³-hybridized carbons (Fsp3) is 0.154. The molecule has 2 aromatic heterocycles. The minimum Gasteiger partial charge on any atom is -0.481 e. The Morgan fingerprint density at radius 2 is 2.12 bits per heavy atom. The number of fused-ring (bicyclic) bond motifs is 1. The summed E-state index contributed by atoms with van der Waals surface area (Å²) in [6.07, 6.45) is -0.0658. The molecule has 0 aliphatic carbocycles. The van der Waals surface area contributed by atoms with Crippen molar-refractivity contribution in [1.82, 2.24) is 24.8 Å². The van der Waals surface area contributed by atoms with Crippen LogP contribution in [0, 0.1) is 10.1 Å². The molecule has 3 aromatic rings. The van der Waals surface area contributed by atoms with Gasteiger partial charge in [-0.2, -0.15) is 9.61 Å². The molecule has 0 bridgehead atoms. The second kappa shape index (κ2) is 6.68. The number of aromatic amines is 1. The number of aromatic nitrogens is 5. The molecule has 2 heterocycles. The first-order valence-electron chi connectivity index (χ1n) is 6.87. The number of carbonyl (C=O) groups is 1. The molecule has 0 unspecified atom stereocenters. The van der Waals surface area contributed by atoms with Crippen LogP contribution >= 0.6 is 11.8 Å². The van der Waals surface area contributed by atoms with Gasteiger partial charge in [0, 0.05) is 18.1 Å². The van der Waals surface area contributed by atoms with E-state index in [4.69, 9.17) is 5.11 Å². The lowest BCUT2D eigenvalue weighted by Gasteiger charge is -2.03. The van der Waals surface area contributed by atoms with Crippen molar-refractivity contribution in [2.75, 3.05) is 5.75 Å². The summed E-state index contributed by atoms with van der Waals surface area (Å²) in [6, 6.07) is 6.04. The molecule has 0 radical (unpaired) electrons. The quantitative estimate of drug-likeness (QED) is 0.362. The molecule has 0 amide bonds. The average Bonchev–Trinajstić information content (AvgIpc) is 2.95. The molecule has 128 valence electrons. The van der Waals surface area contributed by atoms with Gasteiger partial charge in [0.05, 0.1) is 10.7 Å². The summed E-state index contributed by atoms with van der Waals surface area (Å²) < 4.78 is 1.21. The van der Waals surface area contributed by atoms with Crippen molar-refractivity contribution in [2.24, 2.45) is 0 Å². The minimum absolute atomic E-state index is 0.0266. The highest BCUT2D eigenvalue weighted by atomic mass is 32.2. The Balaban J connectivity index is 2.01. The molecule has 0 atom stereocenters. The topological polar surface area (TPSA) is 156 Å². The Labute approximate surface area is 142 Å². The lowest BCUT2D eigenvalue weighted by Crippen LogP contribution is -2.19. The fourth-order valence-electron chi connectivity index (χ4n) is 2.12. The highest BCUT2D eigenvalue weighted by Gasteiger charge is 2.17. The maximum atomic E-state index is 12.1. The standard InChI is InChI=1S/C13H10N6O5S/c20-10(21)6-25-13-16-15-12-14-11(22)8(17-18(12)13)5-7-3-1-2-4-9(7)19(23)24/h1-4H,5-6H2,(H,20,21)(H,14,15,22). The summed E-state index contributed by atoms with van der Waals surface area (Å²) in [6.45, 7) is 0. The van der Waals surface area contributed by atoms with Crippen LogP contribution < -0.4 is 5.56 Å². The molecule has 0 aliphatic heterocycles. The summed E-state index contributed by atoms with van der Waals surface area (Å²) >= 11 is 0.891. The number of rotatable bonds is 6. The number of carboxylic acid groups (broad SMARTS) is 1. The largest absolute Gasteiger partial charge is 0.481 e. The molecule has 2 N–H and O–H groups in total. The third kappa shape index (κ3) is 3.47. The minimum atomic E-state index is -1.04. The molecule has 12 heteroatoms. The van der Waals surface area contributed by atoms with Crippen molar-refractivity contribution in [3.63, 3.8) is 0 Å². The van der Waals surface area contributed by atoms with Crippen molar-refractivity contribution < 1.29 is 14.8 Å². The van der Waals surface area contributed by atoms with Crippen LogP contribution in [0.2, 0.25) is 0 Å². The SMILES string of the molecule is O=C(O)CSc1nnc2[nH]c(=O)c(Cc3ccccc3[N+](=O)[O-])nn12. The van der Waals surface area contributed by atoms with Crippen molar-refractivity contribution in [1.29, 1.82) is 0 Å². The van der Waals surface area contributed by atoms with Crippen LogP contribution in [0.4, 0.5) is 5.69 Å². The van der Waals surface area contributed by atoms with E-state index < -0.39 is 16.5 Å². The highest BCUT2D eigenvalue weighted by Crippen LogP contribution is 2.20. The van der Waals surface area contributed by atoms with E-state index in [1.54, 1.807) is 6.07 Å². The molecule has 0 spiro atoms. The number of aliphatic carboxylic acids is 1. The van der Waals surface area contributed by atoms with Gasteiger partial charge < -0.3 is 5.11 Å². The molecule has 0 fully saturated rings. The van der Waals surface area contributed by atoms with E-state index in [0.717, 1.165) is 11.8 Å². The van der Waals surface area contributed by atoms with Crippen LogP contribution in [0.15, 0.2) is 34.2 Å². The van der Waals surface area contributed by atoms with Gasteiger partial charge in [-0.25, -0.2) is 0 Å². The average molecular weight is 362 g/mol. The van der Waals surface area contributed by atoms with Crippen LogP contribution in [0.3, 0.4) is 0 Å². The molecule has 0 saturated heterocycles. The van der Waals surface area contributed by atoms with Gasteiger partial charge in [0.1, 0.15) is 5.69 Å². The number of thioether (sulfide) groups is 1. The van der Waals surface area contributed by atoms with Crippen LogP contribution in [0.5, 0.6) is 0 Å². The van der Waals surface area contributed by atoms with E-state index in [1.165, 1.54) is 22.7 Å². The van der Waals surface area contributed by atoms with Gasteiger partial charge in [-0.15, -0.1) is 10.2 Å². The summed E-state index contributed by atoms with van der Waals surface area (Å²) in [4.78, 5) is 35.8. The van der Waals surface area contributed by atoms with Gasteiger partial charge in [-0.3, -0.25) is 24.7 Å². The Morgan fingerprint density at radius 1 is 1.36 bits per heavy atom. The second-order valence-electron chi connectivity index (χ2n) is 4.86. The number of nitro benzene ring substituents is 1. The first kappa shape index (κ1) is 16.6.